The van der Waals surface area contributed by atoms with E-state index in [0.29, 0.717) is 23.4 Å². The van der Waals surface area contributed by atoms with Crippen LogP contribution in [0, 0.1) is 11.3 Å². The number of amides is 1. The summed E-state index contributed by atoms with van der Waals surface area (Å²) in [5.74, 6) is -0.257. The van der Waals surface area contributed by atoms with Gasteiger partial charge in [0.05, 0.1) is 11.3 Å². The monoisotopic (exact) mass is 329 g/mol. The van der Waals surface area contributed by atoms with E-state index in [1.54, 1.807) is 30.3 Å². The molecule has 0 unspecified atom stereocenters. The molecule has 0 radical (unpaired) electrons. The Bertz CT molecular complexity index is 675. The molecule has 20 heavy (non-hydrogen) atoms. The number of nitrogens with two attached hydrogens (primary N) is 1. The van der Waals surface area contributed by atoms with Gasteiger partial charge in [0.15, 0.2) is 0 Å². The molecule has 0 atom stereocenters. The van der Waals surface area contributed by atoms with Crippen molar-refractivity contribution in [3.63, 3.8) is 0 Å². The van der Waals surface area contributed by atoms with E-state index in [1.165, 1.54) is 0 Å². The molecule has 2 aromatic carbocycles. The van der Waals surface area contributed by atoms with Gasteiger partial charge in [-0.05, 0) is 35.9 Å². The van der Waals surface area contributed by atoms with Gasteiger partial charge < -0.3 is 11.1 Å². The van der Waals surface area contributed by atoms with Crippen LogP contribution in [0.15, 0.2) is 46.9 Å². The van der Waals surface area contributed by atoms with Crippen LogP contribution in [0.3, 0.4) is 0 Å². The Morgan fingerprint density at radius 1 is 1.25 bits per heavy atom. The van der Waals surface area contributed by atoms with E-state index in [-0.39, 0.29) is 5.91 Å². The van der Waals surface area contributed by atoms with Crippen LogP contribution in [-0.4, -0.2) is 5.91 Å². The smallest absolute Gasteiger partial charge is 0.255 e. The number of nitrogens with one attached hydrogen (secondary N) is 1. The second-order valence-electron chi connectivity index (χ2n) is 4.16. The Kier molecular flexibility index (Phi) is 4.51. The van der Waals surface area contributed by atoms with Crippen molar-refractivity contribution in [2.24, 2.45) is 5.73 Å². The summed E-state index contributed by atoms with van der Waals surface area (Å²) in [7, 11) is 0. The van der Waals surface area contributed by atoms with Crippen LogP contribution in [0.25, 0.3) is 0 Å². The molecule has 0 bridgehead atoms. The number of anilines is 1. The molecule has 5 heteroatoms. The first-order valence-electron chi connectivity index (χ1n) is 5.94. The average molecular weight is 330 g/mol. The van der Waals surface area contributed by atoms with Crippen LogP contribution in [-0.2, 0) is 6.54 Å². The summed E-state index contributed by atoms with van der Waals surface area (Å²) in [6.45, 7) is 0.438. The normalized spacial score (nSPS) is 9.85. The molecule has 0 aliphatic heterocycles. The van der Waals surface area contributed by atoms with Crippen LogP contribution in [0.4, 0.5) is 5.69 Å². The third-order valence-corrected chi connectivity index (χ3v) is 3.30. The average Bonchev–Trinajstić information content (AvgIpc) is 2.49. The van der Waals surface area contributed by atoms with Gasteiger partial charge in [-0.3, -0.25) is 4.79 Å². The lowest BCUT2D eigenvalue weighted by molar-refractivity contribution is 0.102. The quantitative estimate of drug-likeness (QED) is 0.908. The number of nitrogens with zero attached hydrogens (tertiary/aromatic N) is 1. The van der Waals surface area contributed by atoms with Crippen molar-refractivity contribution in [3.8, 4) is 6.07 Å². The molecule has 1 amide bonds. The van der Waals surface area contributed by atoms with Gasteiger partial charge in [0.1, 0.15) is 6.07 Å². The van der Waals surface area contributed by atoms with Gasteiger partial charge >= 0.3 is 0 Å². The third-order valence-electron chi connectivity index (χ3n) is 2.80. The van der Waals surface area contributed by atoms with E-state index < -0.39 is 0 Å². The zero-order valence-corrected chi connectivity index (χ0v) is 12.1. The molecule has 2 aromatic rings. The van der Waals surface area contributed by atoms with Crippen LogP contribution >= 0.6 is 15.9 Å². The number of rotatable bonds is 3. The molecule has 2 rings (SSSR count). The molecule has 4 nitrogen and oxygen atoms in total. The molecule has 0 saturated heterocycles. The van der Waals surface area contributed by atoms with E-state index in [9.17, 15) is 4.79 Å². The van der Waals surface area contributed by atoms with Gasteiger partial charge in [-0.15, -0.1) is 0 Å². The number of carbonyl (C=O) groups is 1. The molecule has 0 aliphatic carbocycles. The van der Waals surface area contributed by atoms with Crippen molar-refractivity contribution >= 4 is 27.5 Å². The zero-order chi connectivity index (χ0) is 14.5. The zero-order valence-electron chi connectivity index (χ0n) is 10.6. The lowest BCUT2D eigenvalue weighted by Crippen LogP contribution is -2.13. The first-order chi connectivity index (χ1) is 9.63. The van der Waals surface area contributed by atoms with Crippen molar-refractivity contribution in [2.45, 2.75) is 6.54 Å². The maximum atomic E-state index is 12.1. The topological polar surface area (TPSA) is 78.9 Å². The summed E-state index contributed by atoms with van der Waals surface area (Å²) < 4.78 is 0.791. The Balaban J connectivity index is 2.21. The minimum Gasteiger partial charge on any atom is -0.326 e. The van der Waals surface area contributed by atoms with Crippen molar-refractivity contribution in [1.29, 1.82) is 5.26 Å². The number of benzene rings is 2. The van der Waals surface area contributed by atoms with E-state index >= 15 is 0 Å². The predicted molar refractivity (Wildman–Crippen MR) is 81.1 cm³/mol. The Morgan fingerprint density at radius 2 is 1.95 bits per heavy atom. The highest BCUT2D eigenvalue weighted by Gasteiger charge is 2.09. The largest absolute Gasteiger partial charge is 0.326 e. The fraction of sp³-hybridized carbons (Fsp3) is 0.0667. The SMILES string of the molecule is N#Cc1cc(Br)ccc1NC(=O)c1ccc(CN)cc1. The molecular weight excluding hydrogens is 318 g/mol. The maximum Gasteiger partial charge on any atom is 0.255 e. The molecule has 0 spiro atoms. The van der Waals surface area contributed by atoms with E-state index in [4.69, 9.17) is 11.0 Å². The van der Waals surface area contributed by atoms with Crippen LogP contribution in [0.2, 0.25) is 0 Å². The lowest BCUT2D eigenvalue weighted by atomic mass is 10.1. The van der Waals surface area contributed by atoms with Gasteiger partial charge in [-0.1, -0.05) is 28.1 Å². The lowest BCUT2D eigenvalue weighted by Gasteiger charge is -2.08. The Morgan fingerprint density at radius 3 is 2.55 bits per heavy atom. The number of hydrogen-bond acceptors (Lipinski definition) is 3. The standard InChI is InChI=1S/C15H12BrN3O/c16-13-5-6-14(12(7-13)9-18)19-15(20)11-3-1-10(8-17)2-4-11/h1-7H,8,17H2,(H,19,20). The maximum absolute atomic E-state index is 12.1. The van der Waals surface area contributed by atoms with Crippen molar-refractivity contribution < 1.29 is 4.79 Å². The summed E-state index contributed by atoms with van der Waals surface area (Å²) in [6, 6.07) is 14.2. The van der Waals surface area contributed by atoms with Gasteiger partial charge in [0.2, 0.25) is 0 Å². The van der Waals surface area contributed by atoms with Gasteiger partial charge in [-0.2, -0.15) is 5.26 Å². The minimum atomic E-state index is -0.257. The summed E-state index contributed by atoms with van der Waals surface area (Å²) in [4.78, 5) is 12.1. The summed E-state index contributed by atoms with van der Waals surface area (Å²) in [6.07, 6.45) is 0. The third kappa shape index (κ3) is 3.23. The molecule has 0 heterocycles. The highest BCUT2D eigenvalue weighted by Crippen LogP contribution is 2.21. The number of nitriles is 1. The van der Waals surface area contributed by atoms with Gasteiger partial charge in [0, 0.05) is 16.6 Å². The highest BCUT2D eigenvalue weighted by atomic mass is 79.9. The first-order valence-corrected chi connectivity index (χ1v) is 6.73. The molecular formula is C15H12BrN3O. The second-order valence-corrected chi connectivity index (χ2v) is 5.07. The van der Waals surface area contributed by atoms with Crippen LogP contribution in [0.1, 0.15) is 21.5 Å². The van der Waals surface area contributed by atoms with Crippen LogP contribution < -0.4 is 11.1 Å². The summed E-state index contributed by atoms with van der Waals surface area (Å²) >= 11 is 3.29. The molecule has 0 aliphatic rings. The number of hydrogen-bond donors (Lipinski definition) is 2. The molecule has 0 fully saturated rings. The molecule has 0 aromatic heterocycles. The van der Waals surface area contributed by atoms with E-state index in [2.05, 4.69) is 27.3 Å². The number of carbonyl (C=O) groups excluding carboxylic acids is 1. The summed E-state index contributed by atoms with van der Waals surface area (Å²) in [5.41, 5.74) is 7.89. The fourth-order valence-electron chi connectivity index (χ4n) is 1.70. The van der Waals surface area contributed by atoms with Gasteiger partial charge in [0.25, 0.3) is 5.91 Å². The Hall–Kier alpha value is -2.16. The van der Waals surface area contributed by atoms with Crippen molar-refractivity contribution in [1.82, 2.24) is 0 Å². The first kappa shape index (κ1) is 14.3. The fourth-order valence-corrected chi connectivity index (χ4v) is 2.07. The van der Waals surface area contributed by atoms with Crippen molar-refractivity contribution in [2.75, 3.05) is 5.32 Å². The van der Waals surface area contributed by atoms with E-state index in [1.807, 2.05) is 12.1 Å². The van der Waals surface area contributed by atoms with E-state index in [0.717, 1.165) is 10.0 Å². The van der Waals surface area contributed by atoms with Gasteiger partial charge in [-0.25, -0.2) is 0 Å². The van der Waals surface area contributed by atoms with Crippen molar-refractivity contribution in [3.05, 3.63) is 63.6 Å². The predicted octanol–water partition coefficient (Wildman–Crippen LogP) is 3.03. The highest BCUT2D eigenvalue weighted by molar-refractivity contribution is 9.10. The van der Waals surface area contributed by atoms with Crippen LogP contribution in [0.5, 0.6) is 0 Å². The summed E-state index contributed by atoms with van der Waals surface area (Å²) in [5, 5.41) is 11.8. The number of halogens is 1. The molecule has 0 saturated carbocycles. The Labute approximate surface area is 125 Å². The molecule has 100 valence electrons. The second kappa shape index (κ2) is 6.33. The molecule has 3 N–H and O–H groups in total. The minimum absolute atomic E-state index is 0.257.